The molecule has 3 rings (SSSR count). The Bertz CT molecular complexity index is 756. The summed E-state index contributed by atoms with van der Waals surface area (Å²) in [6.45, 7) is 1.49. The molecule has 132 valence electrons. The number of carbonyl (C=O) groups is 2. The van der Waals surface area contributed by atoms with Crippen LogP contribution in [0.2, 0.25) is 0 Å². The van der Waals surface area contributed by atoms with Gasteiger partial charge in [-0.2, -0.15) is 0 Å². The molecule has 1 heterocycles. The van der Waals surface area contributed by atoms with Gasteiger partial charge < -0.3 is 10.6 Å². The zero-order valence-corrected chi connectivity index (χ0v) is 14.6. The molecule has 0 spiro atoms. The van der Waals surface area contributed by atoms with Gasteiger partial charge in [0.05, 0.1) is 0 Å². The van der Waals surface area contributed by atoms with Gasteiger partial charge in [0.2, 0.25) is 11.8 Å². The lowest BCUT2D eigenvalue weighted by atomic mass is 9.94. The van der Waals surface area contributed by atoms with Crippen LogP contribution in [0.5, 0.6) is 0 Å². The van der Waals surface area contributed by atoms with Gasteiger partial charge in [0.15, 0.2) is 0 Å². The Balaban J connectivity index is 1.49. The van der Waals surface area contributed by atoms with E-state index >= 15 is 0 Å². The fourth-order valence-corrected chi connectivity index (χ4v) is 3.74. The van der Waals surface area contributed by atoms with Crippen LogP contribution in [-0.4, -0.2) is 29.8 Å². The molecule has 2 N–H and O–H groups in total. The van der Waals surface area contributed by atoms with Gasteiger partial charge in [-0.05, 0) is 47.9 Å². The predicted octanol–water partition coefficient (Wildman–Crippen LogP) is 3.28. The van der Waals surface area contributed by atoms with E-state index < -0.39 is 0 Å². The highest BCUT2D eigenvalue weighted by Crippen LogP contribution is 2.21. The van der Waals surface area contributed by atoms with Crippen molar-refractivity contribution in [1.82, 2.24) is 4.90 Å². The summed E-state index contributed by atoms with van der Waals surface area (Å²) in [6, 6.07) is 14.8. The largest absolute Gasteiger partial charge is 0.370 e. The number of rotatable bonds is 6. The first-order chi connectivity index (χ1) is 12.1. The third kappa shape index (κ3) is 4.81. The average Bonchev–Trinajstić information content (AvgIpc) is 2.61. The summed E-state index contributed by atoms with van der Waals surface area (Å²) in [5, 5.41) is 2.49. The molecule has 0 aromatic heterocycles. The van der Waals surface area contributed by atoms with Crippen molar-refractivity contribution in [2.45, 2.75) is 38.5 Å². The number of primary amides is 1. The number of amides is 2. The molecule has 2 amide bonds. The molecule has 1 fully saturated rings. The van der Waals surface area contributed by atoms with Gasteiger partial charge in [-0.3, -0.25) is 9.59 Å². The molecular formula is C21H26N2O2. The molecule has 25 heavy (non-hydrogen) atoms. The predicted molar refractivity (Wildman–Crippen MR) is 100 cm³/mol. The van der Waals surface area contributed by atoms with E-state index in [0.717, 1.165) is 32.2 Å². The molecule has 2 aromatic carbocycles. The third-order valence-corrected chi connectivity index (χ3v) is 5.03. The fourth-order valence-electron chi connectivity index (χ4n) is 3.74. The molecule has 0 radical (unpaired) electrons. The number of nitrogens with zero attached hydrogens (tertiary/aromatic N) is 1. The molecule has 1 saturated heterocycles. The summed E-state index contributed by atoms with van der Waals surface area (Å²) >= 11 is 0. The van der Waals surface area contributed by atoms with E-state index in [-0.39, 0.29) is 17.7 Å². The Labute approximate surface area is 149 Å². The molecule has 1 aliphatic heterocycles. The van der Waals surface area contributed by atoms with Crippen molar-refractivity contribution in [2.75, 3.05) is 13.1 Å². The Morgan fingerprint density at radius 2 is 1.92 bits per heavy atom. The summed E-state index contributed by atoms with van der Waals surface area (Å²) in [4.78, 5) is 25.4. The normalized spacial score (nSPS) is 17.6. The highest BCUT2D eigenvalue weighted by Gasteiger charge is 2.24. The number of hydrogen-bond donors (Lipinski definition) is 1. The second-order valence-electron chi connectivity index (χ2n) is 7.05. The monoisotopic (exact) mass is 338 g/mol. The van der Waals surface area contributed by atoms with Crippen LogP contribution in [0.3, 0.4) is 0 Å². The minimum absolute atomic E-state index is 0.204. The van der Waals surface area contributed by atoms with E-state index in [1.54, 1.807) is 0 Å². The van der Waals surface area contributed by atoms with Crippen LogP contribution in [0, 0.1) is 5.92 Å². The Morgan fingerprint density at radius 3 is 2.72 bits per heavy atom. The van der Waals surface area contributed by atoms with Gasteiger partial charge in [0, 0.05) is 25.9 Å². The van der Waals surface area contributed by atoms with Crippen LogP contribution >= 0.6 is 0 Å². The minimum Gasteiger partial charge on any atom is -0.370 e. The molecule has 0 saturated carbocycles. The Morgan fingerprint density at radius 1 is 1.12 bits per heavy atom. The number of piperidine rings is 1. The zero-order chi connectivity index (χ0) is 17.6. The SMILES string of the molecule is NC(=O)CC1CCCN(C(=O)CCCc2ccc3ccccc3c2)C1. The summed E-state index contributed by atoms with van der Waals surface area (Å²) < 4.78 is 0. The highest BCUT2D eigenvalue weighted by atomic mass is 16.2. The van der Waals surface area contributed by atoms with E-state index in [1.165, 1.54) is 16.3 Å². The van der Waals surface area contributed by atoms with E-state index in [4.69, 9.17) is 5.73 Å². The third-order valence-electron chi connectivity index (χ3n) is 5.03. The summed E-state index contributed by atoms with van der Waals surface area (Å²) in [5.41, 5.74) is 6.56. The van der Waals surface area contributed by atoms with E-state index in [1.807, 2.05) is 11.0 Å². The molecule has 4 nitrogen and oxygen atoms in total. The minimum atomic E-state index is -0.268. The lowest BCUT2D eigenvalue weighted by molar-refractivity contribution is -0.134. The molecule has 0 bridgehead atoms. The quantitative estimate of drug-likeness (QED) is 0.878. The van der Waals surface area contributed by atoms with Crippen molar-refractivity contribution in [3.63, 3.8) is 0 Å². The first-order valence-corrected chi connectivity index (χ1v) is 9.15. The molecule has 2 aromatic rings. The Kier molecular flexibility index (Phi) is 5.69. The zero-order valence-electron chi connectivity index (χ0n) is 14.6. The second-order valence-corrected chi connectivity index (χ2v) is 7.05. The second kappa shape index (κ2) is 8.15. The number of benzene rings is 2. The van der Waals surface area contributed by atoms with Gasteiger partial charge >= 0.3 is 0 Å². The Hall–Kier alpha value is -2.36. The van der Waals surface area contributed by atoms with Crippen molar-refractivity contribution >= 4 is 22.6 Å². The van der Waals surface area contributed by atoms with Crippen LogP contribution in [0.15, 0.2) is 42.5 Å². The first kappa shape index (κ1) is 17.5. The van der Waals surface area contributed by atoms with Crippen LogP contribution < -0.4 is 5.73 Å². The smallest absolute Gasteiger partial charge is 0.222 e. The molecule has 1 aliphatic rings. The number of hydrogen-bond acceptors (Lipinski definition) is 2. The molecular weight excluding hydrogens is 312 g/mol. The topological polar surface area (TPSA) is 63.4 Å². The standard InChI is InChI=1S/C21H26N2O2/c22-20(24)14-17-6-4-12-23(15-17)21(25)9-3-5-16-10-11-18-7-1-2-8-19(18)13-16/h1-2,7-8,10-11,13,17H,3-6,9,12,14-15H2,(H2,22,24). The fraction of sp³-hybridized carbons (Fsp3) is 0.429. The highest BCUT2D eigenvalue weighted by molar-refractivity contribution is 5.83. The average molecular weight is 338 g/mol. The number of aryl methyl sites for hydroxylation is 1. The number of likely N-dealkylation sites (tertiary alicyclic amines) is 1. The maximum atomic E-state index is 12.4. The summed E-state index contributed by atoms with van der Waals surface area (Å²) in [6.07, 6.45) is 4.68. The van der Waals surface area contributed by atoms with E-state index in [2.05, 4.69) is 36.4 Å². The van der Waals surface area contributed by atoms with Crippen LogP contribution in [0.4, 0.5) is 0 Å². The van der Waals surface area contributed by atoms with E-state index in [9.17, 15) is 9.59 Å². The summed E-state index contributed by atoms with van der Waals surface area (Å²) in [7, 11) is 0. The van der Waals surface area contributed by atoms with Crippen molar-refractivity contribution in [3.8, 4) is 0 Å². The van der Waals surface area contributed by atoms with Crippen LogP contribution in [0.25, 0.3) is 10.8 Å². The lowest BCUT2D eigenvalue weighted by Crippen LogP contribution is -2.40. The number of carbonyl (C=O) groups excluding carboxylic acids is 2. The molecule has 1 atom stereocenters. The van der Waals surface area contributed by atoms with Crippen LogP contribution in [0.1, 0.15) is 37.7 Å². The lowest BCUT2D eigenvalue weighted by Gasteiger charge is -2.32. The van der Waals surface area contributed by atoms with Crippen molar-refractivity contribution < 1.29 is 9.59 Å². The number of fused-ring (bicyclic) bond motifs is 1. The maximum absolute atomic E-state index is 12.4. The van der Waals surface area contributed by atoms with Crippen molar-refractivity contribution in [2.24, 2.45) is 11.7 Å². The maximum Gasteiger partial charge on any atom is 0.222 e. The molecule has 1 unspecified atom stereocenters. The molecule has 4 heteroatoms. The van der Waals surface area contributed by atoms with Gasteiger partial charge in [-0.25, -0.2) is 0 Å². The van der Waals surface area contributed by atoms with Gasteiger partial charge in [-0.1, -0.05) is 42.5 Å². The summed E-state index contributed by atoms with van der Waals surface area (Å²) in [5.74, 6) is 0.168. The first-order valence-electron chi connectivity index (χ1n) is 9.15. The van der Waals surface area contributed by atoms with Crippen molar-refractivity contribution in [1.29, 1.82) is 0 Å². The van der Waals surface area contributed by atoms with Gasteiger partial charge in [-0.15, -0.1) is 0 Å². The molecule has 0 aliphatic carbocycles. The van der Waals surface area contributed by atoms with E-state index in [0.29, 0.717) is 19.4 Å². The van der Waals surface area contributed by atoms with Crippen molar-refractivity contribution in [3.05, 3.63) is 48.0 Å². The number of nitrogens with two attached hydrogens (primary N) is 1. The van der Waals surface area contributed by atoms with Gasteiger partial charge in [0.25, 0.3) is 0 Å². The van der Waals surface area contributed by atoms with Crippen LogP contribution in [-0.2, 0) is 16.0 Å². The van der Waals surface area contributed by atoms with Gasteiger partial charge in [0.1, 0.15) is 0 Å².